The number of carbonyl (C=O) groups is 1. The summed E-state index contributed by atoms with van der Waals surface area (Å²) < 4.78 is 17.9. The number of methoxy groups -OCH3 is 1. The number of aldehydes is 1. The van der Waals surface area contributed by atoms with Crippen LogP contribution < -0.4 is 9.47 Å². The summed E-state index contributed by atoms with van der Waals surface area (Å²) >= 11 is 0. The molecule has 0 N–H and O–H groups in total. The van der Waals surface area contributed by atoms with Gasteiger partial charge in [0.05, 0.1) is 5.56 Å². The van der Waals surface area contributed by atoms with Gasteiger partial charge in [-0.25, -0.2) is 0 Å². The van der Waals surface area contributed by atoms with Gasteiger partial charge in [0, 0.05) is 24.8 Å². The molecule has 0 aromatic heterocycles. The molecule has 0 fully saturated rings. The number of fused-ring (bicyclic) bond motifs is 2. The van der Waals surface area contributed by atoms with Crippen LogP contribution in [0.25, 0.3) is 32.7 Å². The quantitative estimate of drug-likeness (QED) is 0.121. The Kier molecular flexibility index (Phi) is 8.74. The summed E-state index contributed by atoms with van der Waals surface area (Å²) in [6.45, 7) is 7.74. The summed E-state index contributed by atoms with van der Waals surface area (Å²) in [6, 6.07) is 30.8. The SMILES string of the molecule is CCN(CC)Cc1cccc(COc2ccc3ccccc3c2-c2c(OCOC)c(C=O)cc3ccccc23)c1. The average molecular weight is 534 g/mol. The number of carbonyl (C=O) groups excluding carboxylic acids is 1. The van der Waals surface area contributed by atoms with Gasteiger partial charge < -0.3 is 14.2 Å². The Morgan fingerprint density at radius 3 is 2.15 bits per heavy atom. The summed E-state index contributed by atoms with van der Waals surface area (Å²) in [6.07, 6.45) is 0.841. The van der Waals surface area contributed by atoms with Crippen LogP contribution in [0.2, 0.25) is 0 Å². The third-order valence-corrected chi connectivity index (χ3v) is 7.31. The van der Waals surface area contributed by atoms with E-state index in [9.17, 15) is 4.79 Å². The minimum atomic E-state index is 0.0203. The van der Waals surface area contributed by atoms with Gasteiger partial charge in [0.25, 0.3) is 0 Å². The zero-order chi connectivity index (χ0) is 27.9. The maximum Gasteiger partial charge on any atom is 0.188 e. The molecule has 0 bridgehead atoms. The van der Waals surface area contributed by atoms with Gasteiger partial charge in [0.1, 0.15) is 18.1 Å². The fourth-order valence-electron chi connectivity index (χ4n) is 5.27. The van der Waals surface area contributed by atoms with E-state index in [-0.39, 0.29) is 6.79 Å². The minimum Gasteiger partial charge on any atom is -0.488 e. The third kappa shape index (κ3) is 5.71. The molecule has 0 aliphatic heterocycles. The molecule has 0 saturated heterocycles. The first kappa shape index (κ1) is 27.4. The molecule has 204 valence electrons. The van der Waals surface area contributed by atoms with Crippen LogP contribution in [0.1, 0.15) is 35.3 Å². The van der Waals surface area contributed by atoms with Crippen LogP contribution in [0, 0.1) is 0 Å². The lowest BCUT2D eigenvalue weighted by Crippen LogP contribution is -2.22. The first-order valence-electron chi connectivity index (χ1n) is 13.7. The highest BCUT2D eigenvalue weighted by molar-refractivity contribution is 6.12. The molecule has 0 atom stereocenters. The second kappa shape index (κ2) is 12.8. The molecular formula is C35H35NO4. The van der Waals surface area contributed by atoms with Gasteiger partial charge in [-0.15, -0.1) is 0 Å². The summed E-state index contributed by atoms with van der Waals surface area (Å²) in [5.41, 5.74) is 4.55. The molecule has 5 aromatic carbocycles. The van der Waals surface area contributed by atoms with Gasteiger partial charge in [0.15, 0.2) is 13.1 Å². The molecule has 5 heteroatoms. The summed E-state index contributed by atoms with van der Waals surface area (Å²) in [5.74, 6) is 1.21. The van der Waals surface area contributed by atoms with E-state index in [0.29, 0.717) is 17.9 Å². The lowest BCUT2D eigenvalue weighted by atomic mass is 9.90. The van der Waals surface area contributed by atoms with E-state index in [2.05, 4.69) is 67.3 Å². The predicted octanol–water partition coefficient (Wildman–Crippen LogP) is 7.88. The van der Waals surface area contributed by atoms with Crippen molar-refractivity contribution in [1.29, 1.82) is 0 Å². The van der Waals surface area contributed by atoms with Crippen molar-refractivity contribution in [2.75, 3.05) is 27.0 Å². The number of rotatable bonds is 12. The van der Waals surface area contributed by atoms with Crippen LogP contribution in [0.5, 0.6) is 11.5 Å². The molecule has 0 aliphatic carbocycles. The fraction of sp³-hybridized carbons (Fsp3) is 0.229. The van der Waals surface area contributed by atoms with E-state index in [4.69, 9.17) is 14.2 Å². The normalized spacial score (nSPS) is 11.3. The Labute approximate surface area is 235 Å². The van der Waals surface area contributed by atoms with E-state index in [1.54, 1.807) is 7.11 Å². The Hall–Kier alpha value is -4.19. The van der Waals surface area contributed by atoms with Gasteiger partial charge in [-0.05, 0) is 57.9 Å². The monoisotopic (exact) mass is 533 g/mol. The topological polar surface area (TPSA) is 48.0 Å². The third-order valence-electron chi connectivity index (χ3n) is 7.31. The molecule has 0 heterocycles. The van der Waals surface area contributed by atoms with Gasteiger partial charge in [-0.2, -0.15) is 0 Å². The lowest BCUT2D eigenvalue weighted by molar-refractivity contribution is 0.0510. The number of hydrogen-bond donors (Lipinski definition) is 0. The van der Waals surface area contributed by atoms with E-state index < -0.39 is 0 Å². The van der Waals surface area contributed by atoms with Crippen LogP contribution in [0.4, 0.5) is 0 Å². The highest BCUT2D eigenvalue weighted by Gasteiger charge is 2.22. The standard InChI is InChI=1S/C35H35NO4/c1-4-36(5-2)21-25-11-10-12-26(19-25)23-39-32-18-17-27-13-6-8-15-30(27)33(32)34-31-16-9-7-14-28(31)20-29(22-37)35(34)40-24-38-3/h6-20,22H,4-5,21,23-24H2,1-3H3. The zero-order valence-electron chi connectivity index (χ0n) is 23.4. The maximum atomic E-state index is 12.3. The smallest absolute Gasteiger partial charge is 0.188 e. The maximum absolute atomic E-state index is 12.3. The van der Waals surface area contributed by atoms with Crippen LogP contribution in [0.15, 0.2) is 91.0 Å². The van der Waals surface area contributed by atoms with Crippen molar-refractivity contribution in [2.24, 2.45) is 0 Å². The summed E-state index contributed by atoms with van der Waals surface area (Å²) in [4.78, 5) is 14.7. The van der Waals surface area contributed by atoms with Crippen molar-refractivity contribution < 1.29 is 19.0 Å². The Morgan fingerprint density at radius 1 is 0.725 bits per heavy atom. The molecule has 0 saturated carbocycles. The van der Waals surface area contributed by atoms with Crippen molar-refractivity contribution in [2.45, 2.75) is 27.0 Å². The summed E-state index contributed by atoms with van der Waals surface area (Å²) in [5, 5.41) is 4.02. The van der Waals surface area contributed by atoms with Gasteiger partial charge in [-0.3, -0.25) is 9.69 Å². The van der Waals surface area contributed by atoms with Crippen LogP contribution in [0.3, 0.4) is 0 Å². The predicted molar refractivity (Wildman–Crippen MR) is 162 cm³/mol. The van der Waals surface area contributed by atoms with E-state index in [1.807, 2.05) is 42.5 Å². The van der Waals surface area contributed by atoms with E-state index in [1.165, 1.54) is 5.56 Å². The number of ether oxygens (including phenoxy) is 3. The number of nitrogens with zero attached hydrogens (tertiary/aromatic N) is 1. The van der Waals surface area contributed by atoms with E-state index >= 15 is 0 Å². The van der Waals surface area contributed by atoms with Crippen molar-refractivity contribution >= 4 is 27.8 Å². The largest absolute Gasteiger partial charge is 0.488 e. The highest BCUT2D eigenvalue weighted by atomic mass is 16.7. The molecule has 0 aliphatic rings. The van der Waals surface area contributed by atoms with Crippen LogP contribution in [-0.2, 0) is 17.9 Å². The Morgan fingerprint density at radius 2 is 1.43 bits per heavy atom. The number of hydrogen-bond acceptors (Lipinski definition) is 5. The van der Waals surface area contributed by atoms with Crippen molar-refractivity contribution in [3.8, 4) is 22.6 Å². The fourth-order valence-corrected chi connectivity index (χ4v) is 5.27. The van der Waals surface area contributed by atoms with Crippen molar-refractivity contribution in [3.63, 3.8) is 0 Å². The Bertz CT molecular complexity index is 1620. The molecule has 5 rings (SSSR count). The lowest BCUT2D eigenvalue weighted by Gasteiger charge is -2.21. The van der Waals surface area contributed by atoms with Crippen LogP contribution >= 0.6 is 0 Å². The average Bonchev–Trinajstić information content (AvgIpc) is 3.01. The molecule has 5 nitrogen and oxygen atoms in total. The zero-order valence-corrected chi connectivity index (χ0v) is 23.4. The molecule has 0 radical (unpaired) electrons. The van der Waals surface area contributed by atoms with Crippen molar-refractivity contribution in [3.05, 3.63) is 108 Å². The highest BCUT2D eigenvalue weighted by Crippen LogP contribution is 2.47. The van der Waals surface area contributed by atoms with Crippen molar-refractivity contribution in [1.82, 2.24) is 4.90 Å². The van der Waals surface area contributed by atoms with Gasteiger partial charge >= 0.3 is 0 Å². The molecule has 0 amide bonds. The van der Waals surface area contributed by atoms with E-state index in [0.717, 1.165) is 69.9 Å². The number of benzene rings is 5. The second-order valence-corrected chi connectivity index (χ2v) is 9.79. The summed E-state index contributed by atoms with van der Waals surface area (Å²) in [7, 11) is 1.57. The molecule has 0 spiro atoms. The molecule has 5 aromatic rings. The molecule has 0 unspecified atom stereocenters. The first-order chi connectivity index (χ1) is 19.7. The Balaban J connectivity index is 1.65. The van der Waals surface area contributed by atoms with Gasteiger partial charge in [0.2, 0.25) is 0 Å². The first-order valence-corrected chi connectivity index (χ1v) is 13.7. The molecular weight excluding hydrogens is 498 g/mol. The van der Waals surface area contributed by atoms with Gasteiger partial charge in [-0.1, -0.05) is 92.7 Å². The second-order valence-electron chi connectivity index (χ2n) is 9.79. The van der Waals surface area contributed by atoms with Crippen LogP contribution in [-0.4, -0.2) is 38.2 Å². The molecule has 40 heavy (non-hydrogen) atoms. The minimum absolute atomic E-state index is 0.0203.